The van der Waals surface area contributed by atoms with Crippen LogP contribution in [0.4, 0.5) is 5.69 Å². The molecule has 3 aromatic rings. The van der Waals surface area contributed by atoms with Gasteiger partial charge in [0, 0.05) is 11.3 Å². The predicted molar refractivity (Wildman–Crippen MR) is 127 cm³/mol. The molecule has 0 aliphatic heterocycles. The van der Waals surface area contributed by atoms with Gasteiger partial charge in [-0.1, -0.05) is 17.7 Å². The highest BCUT2D eigenvalue weighted by Crippen LogP contribution is 2.34. The lowest BCUT2D eigenvalue weighted by Crippen LogP contribution is -2.13. The average molecular weight is 517 g/mol. The summed E-state index contributed by atoms with van der Waals surface area (Å²) in [5.41, 5.74) is 2.36. The fourth-order valence-electron chi connectivity index (χ4n) is 2.80. The summed E-state index contributed by atoms with van der Waals surface area (Å²) in [7, 11) is 0. The molecule has 6 heteroatoms. The Morgan fingerprint density at radius 3 is 2.10 bits per heavy atom. The van der Waals surface area contributed by atoms with E-state index in [-0.39, 0.29) is 5.91 Å². The van der Waals surface area contributed by atoms with Gasteiger partial charge in [0.25, 0.3) is 5.91 Å². The Hall–Kier alpha value is -2.74. The Bertz CT molecular complexity index is 1000. The predicted octanol–water partition coefficient (Wildman–Crippen LogP) is 6.44. The van der Waals surface area contributed by atoms with Crippen LogP contribution in [-0.2, 0) is 0 Å². The van der Waals surface area contributed by atoms with Crippen LogP contribution in [0.5, 0.6) is 23.0 Å². The van der Waals surface area contributed by atoms with Crippen LogP contribution in [-0.4, -0.2) is 19.1 Å². The van der Waals surface area contributed by atoms with Crippen molar-refractivity contribution in [3.63, 3.8) is 0 Å². The first kappa shape index (κ1) is 22.0. The zero-order chi connectivity index (χ0) is 21.5. The summed E-state index contributed by atoms with van der Waals surface area (Å²) in [4.78, 5) is 12.8. The van der Waals surface area contributed by atoms with Gasteiger partial charge in [0.05, 0.1) is 16.8 Å². The van der Waals surface area contributed by atoms with E-state index in [0.29, 0.717) is 41.7 Å². The zero-order valence-electron chi connectivity index (χ0n) is 17.2. The highest BCUT2D eigenvalue weighted by atomic mass is 127. The second-order valence-corrected chi connectivity index (χ2v) is 7.71. The van der Waals surface area contributed by atoms with Crippen molar-refractivity contribution < 1.29 is 19.0 Å². The first-order valence-corrected chi connectivity index (χ1v) is 10.8. The van der Waals surface area contributed by atoms with E-state index < -0.39 is 0 Å². The molecule has 0 aromatic heterocycles. The van der Waals surface area contributed by atoms with Crippen molar-refractivity contribution in [2.45, 2.75) is 20.8 Å². The van der Waals surface area contributed by atoms with E-state index >= 15 is 0 Å². The molecule has 3 aromatic carbocycles. The number of benzene rings is 3. The SMILES string of the molecule is CCOc1cc(C(=O)Nc2ccc(Oc3ccc(C)cc3)cc2)cc(I)c1OCC. The number of hydrogen-bond acceptors (Lipinski definition) is 4. The van der Waals surface area contributed by atoms with E-state index in [9.17, 15) is 4.79 Å². The molecule has 1 amide bonds. The van der Waals surface area contributed by atoms with Crippen LogP contribution in [0.3, 0.4) is 0 Å². The van der Waals surface area contributed by atoms with Crippen LogP contribution < -0.4 is 19.5 Å². The highest BCUT2D eigenvalue weighted by molar-refractivity contribution is 14.1. The van der Waals surface area contributed by atoms with Gasteiger partial charge in [0.2, 0.25) is 0 Å². The van der Waals surface area contributed by atoms with Crippen molar-refractivity contribution in [2.24, 2.45) is 0 Å². The molecule has 0 bridgehead atoms. The third-order valence-electron chi connectivity index (χ3n) is 4.23. The summed E-state index contributed by atoms with van der Waals surface area (Å²) < 4.78 is 18.0. The van der Waals surface area contributed by atoms with E-state index in [2.05, 4.69) is 27.9 Å². The van der Waals surface area contributed by atoms with Crippen molar-refractivity contribution in [1.29, 1.82) is 0 Å². The van der Waals surface area contributed by atoms with Crippen LogP contribution >= 0.6 is 22.6 Å². The molecule has 0 spiro atoms. The van der Waals surface area contributed by atoms with Crippen molar-refractivity contribution in [3.8, 4) is 23.0 Å². The number of carbonyl (C=O) groups excluding carboxylic acids is 1. The maximum absolute atomic E-state index is 12.8. The van der Waals surface area contributed by atoms with Crippen molar-refractivity contribution in [1.82, 2.24) is 0 Å². The fourth-order valence-corrected chi connectivity index (χ4v) is 3.56. The Balaban J connectivity index is 1.71. The van der Waals surface area contributed by atoms with Crippen LogP contribution in [0.2, 0.25) is 0 Å². The Kier molecular flexibility index (Phi) is 7.57. The fraction of sp³-hybridized carbons (Fsp3) is 0.208. The monoisotopic (exact) mass is 517 g/mol. The Morgan fingerprint density at radius 1 is 0.900 bits per heavy atom. The third-order valence-corrected chi connectivity index (χ3v) is 5.03. The maximum atomic E-state index is 12.8. The van der Waals surface area contributed by atoms with Gasteiger partial charge >= 0.3 is 0 Å². The van der Waals surface area contributed by atoms with Gasteiger partial charge in [0.15, 0.2) is 11.5 Å². The molecule has 0 aliphatic rings. The van der Waals surface area contributed by atoms with Gasteiger partial charge < -0.3 is 19.5 Å². The highest BCUT2D eigenvalue weighted by Gasteiger charge is 2.16. The van der Waals surface area contributed by atoms with Crippen LogP contribution in [0, 0.1) is 10.5 Å². The van der Waals surface area contributed by atoms with Gasteiger partial charge in [0.1, 0.15) is 11.5 Å². The third kappa shape index (κ3) is 5.66. The summed E-state index contributed by atoms with van der Waals surface area (Å²) in [5, 5.41) is 2.91. The minimum Gasteiger partial charge on any atom is -0.490 e. The number of ether oxygens (including phenoxy) is 3. The molecule has 0 saturated carbocycles. The van der Waals surface area contributed by atoms with Crippen molar-refractivity contribution in [3.05, 3.63) is 75.4 Å². The molecule has 0 radical (unpaired) electrons. The second kappa shape index (κ2) is 10.3. The Morgan fingerprint density at radius 2 is 1.50 bits per heavy atom. The van der Waals surface area contributed by atoms with Gasteiger partial charge in [-0.15, -0.1) is 0 Å². The van der Waals surface area contributed by atoms with Crippen LogP contribution in [0.25, 0.3) is 0 Å². The smallest absolute Gasteiger partial charge is 0.255 e. The molecule has 0 unspecified atom stereocenters. The summed E-state index contributed by atoms with van der Waals surface area (Å²) >= 11 is 2.15. The lowest BCUT2D eigenvalue weighted by molar-refractivity contribution is 0.102. The molecule has 0 heterocycles. The van der Waals surface area contributed by atoms with Gasteiger partial charge in [-0.3, -0.25) is 4.79 Å². The number of rotatable bonds is 8. The molecule has 0 saturated heterocycles. The summed E-state index contributed by atoms with van der Waals surface area (Å²) in [6, 6.07) is 18.6. The minimum atomic E-state index is -0.218. The Labute approximate surface area is 190 Å². The number of carbonyl (C=O) groups is 1. The van der Waals surface area contributed by atoms with E-state index in [1.807, 2.05) is 69.3 Å². The first-order valence-electron chi connectivity index (χ1n) is 9.75. The molecular formula is C24H24INO4. The van der Waals surface area contributed by atoms with E-state index in [0.717, 1.165) is 9.32 Å². The van der Waals surface area contributed by atoms with Crippen molar-refractivity contribution in [2.75, 3.05) is 18.5 Å². The van der Waals surface area contributed by atoms with Gasteiger partial charge in [-0.2, -0.15) is 0 Å². The van der Waals surface area contributed by atoms with Crippen LogP contribution in [0.1, 0.15) is 29.8 Å². The summed E-state index contributed by atoms with van der Waals surface area (Å²) in [6.45, 7) is 6.86. The van der Waals surface area contributed by atoms with Gasteiger partial charge in [-0.25, -0.2) is 0 Å². The summed E-state index contributed by atoms with van der Waals surface area (Å²) in [5.74, 6) is 2.48. The molecule has 0 fully saturated rings. The van der Waals surface area contributed by atoms with E-state index in [1.165, 1.54) is 5.56 Å². The number of anilines is 1. The summed E-state index contributed by atoms with van der Waals surface area (Å²) in [6.07, 6.45) is 0. The molecule has 1 N–H and O–H groups in total. The number of halogens is 1. The number of amides is 1. The van der Waals surface area contributed by atoms with Gasteiger partial charge in [-0.05, 0) is 91.9 Å². The molecule has 30 heavy (non-hydrogen) atoms. The maximum Gasteiger partial charge on any atom is 0.255 e. The number of nitrogens with one attached hydrogen (secondary N) is 1. The first-order chi connectivity index (χ1) is 14.5. The molecule has 0 atom stereocenters. The molecule has 156 valence electrons. The molecule has 5 nitrogen and oxygen atoms in total. The zero-order valence-corrected chi connectivity index (χ0v) is 19.4. The second-order valence-electron chi connectivity index (χ2n) is 6.54. The number of aryl methyl sites for hydroxylation is 1. The molecule has 3 rings (SSSR count). The van der Waals surface area contributed by atoms with E-state index in [1.54, 1.807) is 12.1 Å². The largest absolute Gasteiger partial charge is 0.490 e. The average Bonchev–Trinajstić information content (AvgIpc) is 2.73. The minimum absolute atomic E-state index is 0.218. The van der Waals surface area contributed by atoms with Crippen molar-refractivity contribution >= 4 is 34.2 Å². The molecule has 0 aliphatic carbocycles. The van der Waals surface area contributed by atoms with E-state index in [4.69, 9.17) is 14.2 Å². The quantitative estimate of drug-likeness (QED) is 0.350. The standard InChI is InChI=1S/C24H24INO4/c1-4-28-22-15-17(14-21(25)23(22)29-5-2)24(27)26-18-8-12-20(13-9-18)30-19-10-6-16(3)7-11-19/h6-15H,4-5H2,1-3H3,(H,26,27). The van der Waals surface area contributed by atoms with Crippen LogP contribution in [0.15, 0.2) is 60.7 Å². The lowest BCUT2D eigenvalue weighted by Gasteiger charge is -2.14. The molecular weight excluding hydrogens is 493 g/mol. The normalized spacial score (nSPS) is 10.4. The topological polar surface area (TPSA) is 56.8 Å². The number of hydrogen-bond donors (Lipinski definition) is 1. The lowest BCUT2D eigenvalue weighted by atomic mass is 10.1.